The topological polar surface area (TPSA) is 20.3 Å². The number of β-lactam (4-membered cyclic amide) rings is 1. The van der Waals surface area contributed by atoms with Crippen LogP contribution in [-0.4, -0.2) is 28.5 Å². The van der Waals surface area contributed by atoms with E-state index in [1.165, 1.54) is 5.75 Å². The van der Waals surface area contributed by atoms with Crippen LogP contribution in [-0.2, 0) is 4.79 Å². The fourth-order valence-electron chi connectivity index (χ4n) is 1.36. The van der Waals surface area contributed by atoms with E-state index < -0.39 is 0 Å². The second-order valence-electron chi connectivity index (χ2n) is 2.60. The molecule has 1 amide bonds. The molecule has 0 radical (unpaired) electrons. The number of carbonyl (C=O) groups is 1. The van der Waals surface area contributed by atoms with Gasteiger partial charge in [0.1, 0.15) is 5.37 Å². The average Bonchev–Trinajstić information content (AvgIpc) is 2.03. The lowest BCUT2D eigenvalue weighted by molar-refractivity contribution is -0.134. The van der Waals surface area contributed by atoms with Gasteiger partial charge >= 0.3 is 0 Å². The zero-order valence-corrected chi connectivity index (χ0v) is 6.49. The molecule has 2 fully saturated rings. The highest BCUT2D eigenvalue weighted by atomic mass is 32.2. The van der Waals surface area contributed by atoms with E-state index in [0.29, 0.717) is 5.37 Å². The third-order valence-corrected chi connectivity index (χ3v) is 3.31. The average molecular weight is 155 g/mol. The highest BCUT2D eigenvalue weighted by molar-refractivity contribution is 8.00. The zero-order valence-electron chi connectivity index (χ0n) is 5.67. The van der Waals surface area contributed by atoms with Gasteiger partial charge in [0.15, 0.2) is 0 Å². The number of carbonyl (C=O) groups excluding carboxylic acids is 1. The Morgan fingerprint density at radius 1 is 1.70 bits per heavy atom. The van der Waals surface area contributed by atoms with Crippen LogP contribution in [0.4, 0.5) is 0 Å². The van der Waals surface area contributed by atoms with Crippen LogP contribution in [0, 0.1) is 0 Å². The maximum Gasteiger partial charge on any atom is 0.253 e. The number of nitrogens with zero attached hydrogens (tertiary/aromatic N) is 1. The van der Waals surface area contributed by atoms with E-state index in [-0.39, 0.29) is 5.91 Å². The molecule has 2 nitrogen and oxygen atoms in total. The van der Waals surface area contributed by atoms with Gasteiger partial charge in [0.25, 0.3) is 5.91 Å². The second kappa shape index (κ2) is 2.02. The molecule has 2 heterocycles. The highest BCUT2D eigenvalue weighted by Gasteiger charge is 2.41. The molecular formula is C7H9NOS. The lowest BCUT2D eigenvalue weighted by Gasteiger charge is -2.44. The molecule has 0 unspecified atom stereocenters. The predicted octanol–water partition coefficient (Wildman–Crippen LogP) is 0.848. The molecule has 2 rings (SSSR count). The van der Waals surface area contributed by atoms with Gasteiger partial charge in [0, 0.05) is 12.1 Å². The van der Waals surface area contributed by atoms with Gasteiger partial charge in [-0.25, -0.2) is 0 Å². The summed E-state index contributed by atoms with van der Waals surface area (Å²) >= 11 is 1.83. The number of fused-ring (bicyclic) bond motifs is 1. The summed E-state index contributed by atoms with van der Waals surface area (Å²) in [6.45, 7) is 4.65. The summed E-state index contributed by atoms with van der Waals surface area (Å²) in [6.07, 6.45) is 1.14. The van der Waals surface area contributed by atoms with Crippen LogP contribution in [0.1, 0.15) is 6.42 Å². The zero-order chi connectivity index (χ0) is 7.14. The number of hydrogen-bond donors (Lipinski definition) is 0. The summed E-state index contributed by atoms with van der Waals surface area (Å²) in [6, 6.07) is 0. The summed E-state index contributed by atoms with van der Waals surface area (Å²) in [4.78, 5) is 12.9. The summed E-state index contributed by atoms with van der Waals surface area (Å²) in [5.74, 6) is 1.34. The van der Waals surface area contributed by atoms with Crippen molar-refractivity contribution >= 4 is 17.7 Å². The number of amides is 1. The molecule has 0 aromatic rings. The Labute approximate surface area is 64.3 Å². The Hall–Kier alpha value is -0.440. The molecule has 0 aromatic carbocycles. The van der Waals surface area contributed by atoms with Crippen molar-refractivity contribution in [1.82, 2.24) is 4.90 Å². The van der Waals surface area contributed by atoms with Crippen LogP contribution >= 0.6 is 11.8 Å². The van der Waals surface area contributed by atoms with Gasteiger partial charge in [0.2, 0.25) is 0 Å². The normalized spacial score (nSPS) is 31.6. The summed E-state index contributed by atoms with van der Waals surface area (Å²) < 4.78 is 0. The fraction of sp³-hybridized carbons (Fsp3) is 0.571. The first-order valence-electron chi connectivity index (χ1n) is 3.42. The number of rotatable bonds is 0. The lowest BCUT2D eigenvalue weighted by Crippen LogP contribution is -2.55. The van der Waals surface area contributed by atoms with Crippen LogP contribution < -0.4 is 0 Å². The summed E-state index contributed by atoms with van der Waals surface area (Å²) in [5.41, 5.74) is 0.796. The molecular weight excluding hydrogens is 146 g/mol. The molecule has 1 atom stereocenters. The number of thioether (sulfide) groups is 1. The minimum absolute atomic E-state index is 0.164. The van der Waals surface area contributed by atoms with Crippen molar-refractivity contribution in [2.75, 3.05) is 12.3 Å². The van der Waals surface area contributed by atoms with Crippen LogP contribution in [0.2, 0.25) is 0 Å². The molecule has 2 saturated heterocycles. The van der Waals surface area contributed by atoms with E-state index in [4.69, 9.17) is 0 Å². The van der Waals surface area contributed by atoms with E-state index in [1.54, 1.807) is 0 Å². The predicted molar refractivity (Wildman–Crippen MR) is 41.7 cm³/mol. The first-order valence-corrected chi connectivity index (χ1v) is 4.47. The van der Waals surface area contributed by atoms with E-state index in [9.17, 15) is 4.79 Å². The van der Waals surface area contributed by atoms with Crippen molar-refractivity contribution in [2.45, 2.75) is 11.8 Å². The van der Waals surface area contributed by atoms with E-state index in [2.05, 4.69) is 6.58 Å². The van der Waals surface area contributed by atoms with Gasteiger partial charge in [-0.1, -0.05) is 6.58 Å². The second-order valence-corrected chi connectivity index (χ2v) is 3.79. The Morgan fingerprint density at radius 2 is 2.50 bits per heavy atom. The van der Waals surface area contributed by atoms with Gasteiger partial charge in [-0.05, 0) is 12.2 Å². The Morgan fingerprint density at radius 3 is 3.20 bits per heavy atom. The van der Waals surface area contributed by atoms with Crippen molar-refractivity contribution in [2.24, 2.45) is 0 Å². The van der Waals surface area contributed by atoms with Gasteiger partial charge in [-0.2, -0.15) is 0 Å². The summed E-state index contributed by atoms with van der Waals surface area (Å²) in [5, 5.41) is 0.334. The van der Waals surface area contributed by atoms with Gasteiger partial charge in [-0.3, -0.25) is 4.79 Å². The Balaban J connectivity index is 2.13. The van der Waals surface area contributed by atoms with Crippen molar-refractivity contribution in [3.8, 4) is 0 Å². The van der Waals surface area contributed by atoms with Gasteiger partial charge in [0.05, 0.1) is 0 Å². The molecule has 2 aliphatic heterocycles. The highest BCUT2D eigenvalue weighted by Crippen LogP contribution is 2.36. The van der Waals surface area contributed by atoms with Crippen molar-refractivity contribution in [1.29, 1.82) is 0 Å². The SMILES string of the molecule is C=C1C(=O)N2CCCS[C@@H]12. The first-order chi connectivity index (χ1) is 4.80. The van der Waals surface area contributed by atoms with Crippen LogP contribution in [0.15, 0.2) is 12.2 Å². The number of hydrogen-bond acceptors (Lipinski definition) is 2. The lowest BCUT2D eigenvalue weighted by atomic mass is 10.1. The van der Waals surface area contributed by atoms with Crippen LogP contribution in [0.25, 0.3) is 0 Å². The molecule has 54 valence electrons. The minimum Gasteiger partial charge on any atom is -0.322 e. The third kappa shape index (κ3) is 0.639. The maximum absolute atomic E-state index is 11.0. The minimum atomic E-state index is 0.164. The molecule has 3 heteroatoms. The van der Waals surface area contributed by atoms with Crippen molar-refractivity contribution < 1.29 is 4.79 Å². The Kier molecular flexibility index (Phi) is 1.27. The molecule has 0 aromatic heterocycles. The van der Waals surface area contributed by atoms with Crippen LogP contribution in [0.5, 0.6) is 0 Å². The smallest absolute Gasteiger partial charge is 0.253 e. The molecule has 0 N–H and O–H groups in total. The van der Waals surface area contributed by atoms with Gasteiger partial charge < -0.3 is 4.90 Å². The fourth-order valence-corrected chi connectivity index (χ4v) is 2.56. The monoisotopic (exact) mass is 155 g/mol. The van der Waals surface area contributed by atoms with Crippen LogP contribution in [0.3, 0.4) is 0 Å². The maximum atomic E-state index is 11.0. The molecule has 0 bridgehead atoms. The molecule has 10 heavy (non-hydrogen) atoms. The largest absolute Gasteiger partial charge is 0.322 e. The molecule has 0 aliphatic carbocycles. The standard InChI is InChI=1S/C7H9NOS/c1-5-6(9)8-3-2-4-10-7(5)8/h7H,1-4H2/t7-/m0/s1. The molecule has 0 spiro atoms. The van der Waals surface area contributed by atoms with E-state index in [0.717, 1.165) is 18.5 Å². The third-order valence-electron chi connectivity index (χ3n) is 1.94. The molecule has 2 aliphatic rings. The Bertz CT molecular complexity index is 180. The molecule has 0 saturated carbocycles. The quantitative estimate of drug-likeness (QED) is 0.382. The van der Waals surface area contributed by atoms with E-state index in [1.807, 2.05) is 16.7 Å². The first kappa shape index (κ1) is 6.28. The van der Waals surface area contributed by atoms with E-state index >= 15 is 0 Å². The van der Waals surface area contributed by atoms with Crippen molar-refractivity contribution in [3.05, 3.63) is 12.2 Å². The van der Waals surface area contributed by atoms with Gasteiger partial charge in [-0.15, -0.1) is 11.8 Å². The summed E-state index contributed by atoms with van der Waals surface area (Å²) in [7, 11) is 0. The van der Waals surface area contributed by atoms with Crippen molar-refractivity contribution in [3.63, 3.8) is 0 Å².